The number of carbonyl (C=O) groups is 2. The molecular weight excluding hydrogens is 468 g/mol. The maximum absolute atomic E-state index is 13.0. The van der Waals surface area contributed by atoms with Crippen LogP contribution >= 0.6 is 0 Å². The van der Waals surface area contributed by atoms with Crippen LogP contribution in [0.25, 0.3) is 0 Å². The van der Waals surface area contributed by atoms with Gasteiger partial charge >= 0.3 is 5.97 Å². The van der Waals surface area contributed by atoms with Crippen LogP contribution in [-0.4, -0.2) is 47.6 Å². The number of anilines is 1. The van der Waals surface area contributed by atoms with E-state index in [0.717, 1.165) is 21.2 Å². The summed E-state index contributed by atoms with van der Waals surface area (Å²) in [7, 11) is -0.858. The van der Waals surface area contributed by atoms with Gasteiger partial charge in [-0.15, -0.1) is 0 Å². The Kier molecular flexibility index (Phi) is 8.48. The number of sulfonamides is 1. The average molecular weight is 497 g/mol. The number of rotatable bonds is 10. The Bertz CT molecular complexity index is 1270. The number of hydrogen-bond donors (Lipinski definition) is 1. The molecule has 0 atom stereocenters. The lowest BCUT2D eigenvalue weighted by atomic mass is 10.1. The second kappa shape index (κ2) is 11.5. The van der Waals surface area contributed by atoms with Crippen LogP contribution in [0.2, 0.25) is 0 Å². The number of nitrogens with zero attached hydrogens (tertiary/aromatic N) is 1. The molecule has 184 valence electrons. The predicted octanol–water partition coefficient (Wildman–Crippen LogP) is 3.34. The molecule has 0 aliphatic rings. The van der Waals surface area contributed by atoms with E-state index < -0.39 is 28.5 Å². The molecule has 0 unspecified atom stereocenters. The van der Waals surface area contributed by atoms with E-state index >= 15 is 0 Å². The van der Waals surface area contributed by atoms with Crippen molar-refractivity contribution in [2.45, 2.75) is 18.2 Å². The molecule has 0 aliphatic carbocycles. The number of esters is 1. The Morgan fingerprint density at radius 2 is 1.66 bits per heavy atom. The van der Waals surface area contributed by atoms with Crippen molar-refractivity contribution in [1.29, 1.82) is 0 Å². The first-order valence-electron chi connectivity index (χ1n) is 10.9. The summed E-state index contributed by atoms with van der Waals surface area (Å²) >= 11 is 0. The molecule has 3 aromatic carbocycles. The molecule has 0 aromatic heterocycles. The van der Waals surface area contributed by atoms with Gasteiger partial charge in [0.15, 0.2) is 6.61 Å². The summed E-state index contributed by atoms with van der Waals surface area (Å²) in [6.07, 6.45) is 0.609. The molecule has 35 heavy (non-hydrogen) atoms. The molecule has 0 aliphatic heterocycles. The van der Waals surface area contributed by atoms with E-state index in [1.54, 1.807) is 19.2 Å². The number of methoxy groups -OCH3 is 1. The molecule has 3 rings (SSSR count). The zero-order valence-corrected chi connectivity index (χ0v) is 20.7. The van der Waals surface area contributed by atoms with Crippen LogP contribution in [0.15, 0.2) is 77.7 Å². The van der Waals surface area contributed by atoms with Gasteiger partial charge in [0.1, 0.15) is 5.75 Å². The van der Waals surface area contributed by atoms with Gasteiger partial charge in [0, 0.05) is 13.6 Å². The van der Waals surface area contributed by atoms with Gasteiger partial charge in [-0.2, -0.15) is 0 Å². The third-order valence-corrected chi connectivity index (χ3v) is 7.14. The lowest BCUT2D eigenvalue weighted by Crippen LogP contribution is -2.30. The molecule has 0 fully saturated rings. The Morgan fingerprint density at radius 1 is 0.971 bits per heavy atom. The lowest BCUT2D eigenvalue weighted by molar-refractivity contribution is -0.124. The zero-order chi connectivity index (χ0) is 25.4. The van der Waals surface area contributed by atoms with Crippen LogP contribution in [0.3, 0.4) is 0 Å². The number of benzene rings is 3. The first kappa shape index (κ1) is 25.8. The van der Waals surface area contributed by atoms with Gasteiger partial charge < -0.3 is 14.8 Å². The molecular formula is C26H28N2O6S. The van der Waals surface area contributed by atoms with Crippen molar-refractivity contribution in [3.63, 3.8) is 0 Å². The standard InChI is InChI=1S/C26H28N2O6S/c1-19-7-11-22(12-8-19)28(2)35(31,32)24-6-4-5-21(17-24)26(30)34-18-25(29)27-16-15-20-9-13-23(33-3)14-10-20/h4-14,17H,15-16,18H2,1-3H3,(H,27,29). The van der Waals surface area contributed by atoms with Crippen molar-refractivity contribution >= 4 is 27.6 Å². The van der Waals surface area contributed by atoms with E-state index in [1.165, 1.54) is 31.3 Å². The highest BCUT2D eigenvalue weighted by Gasteiger charge is 2.23. The van der Waals surface area contributed by atoms with Crippen molar-refractivity contribution in [1.82, 2.24) is 5.32 Å². The average Bonchev–Trinajstić information content (AvgIpc) is 2.87. The van der Waals surface area contributed by atoms with Crippen LogP contribution in [0.5, 0.6) is 5.75 Å². The van der Waals surface area contributed by atoms with Crippen molar-refractivity contribution in [3.8, 4) is 5.75 Å². The minimum absolute atomic E-state index is 0.0365. The minimum atomic E-state index is -3.90. The van der Waals surface area contributed by atoms with E-state index in [-0.39, 0.29) is 10.5 Å². The third-order valence-electron chi connectivity index (χ3n) is 5.35. The van der Waals surface area contributed by atoms with Gasteiger partial charge in [-0.05, 0) is 61.4 Å². The molecule has 9 heteroatoms. The number of nitrogens with one attached hydrogen (secondary N) is 1. The minimum Gasteiger partial charge on any atom is -0.497 e. The fraction of sp³-hybridized carbons (Fsp3) is 0.231. The first-order chi connectivity index (χ1) is 16.7. The van der Waals surface area contributed by atoms with Crippen LogP contribution in [0, 0.1) is 6.92 Å². The maximum atomic E-state index is 13.0. The monoisotopic (exact) mass is 496 g/mol. The van der Waals surface area contributed by atoms with E-state index in [2.05, 4.69) is 5.32 Å². The van der Waals surface area contributed by atoms with Gasteiger partial charge in [0.25, 0.3) is 15.9 Å². The molecule has 0 saturated heterocycles. The second-order valence-corrected chi connectivity index (χ2v) is 9.83. The number of aryl methyl sites for hydroxylation is 1. The van der Waals surface area contributed by atoms with Crippen LogP contribution < -0.4 is 14.4 Å². The summed E-state index contributed by atoms with van der Waals surface area (Å²) in [6.45, 7) is 1.82. The SMILES string of the molecule is COc1ccc(CCNC(=O)COC(=O)c2cccc(S(=O)(=O)N(C)c3ccc(C)cc3)c2)cc1. The Balaban J connectivity index is 1.55. The zero-order valence-electron chi connectivity index (χ0n) is 19.9. The van der Waals surface area contributed by atoms with Gasteiger partial charge in [0.2, 0.25) is 0 Å². The Hall–Kier alpha value is -3.85. The highest BCUT2D eigenvalue weighted by atomic mass is 32.2. The number of hydrogen-bond acceptors (Lipinski definition) is 6. The molecule has 1 N–H and O–H groups in total. The third kappa shape index (κ3) is 6.83. The highest BCUT2D eigenvalue weighted by molar-refractivity contribution is 7.92. The van der Waals surface area contributed by atoms with Gasteiger partial charge in [-0.25, -0.2) is 13.2 Å². The van der Waals surface area contributed by atoms with E-state index in [9.17, 15) is 18.0 Å². The topological polar surface area (TPSA) is 102 Å². The molecule has 0 spiro atoms. The Labute approximate surface area is 205 Å². The van der Waals surface area contributed by atoms with Crippen molar-refractivity contribution in [3.05, 3.63) is 89.5 Å². The highest BCUT2D eigenvalue weighted by Crippen LogP contribution is 2.23. The van der Waals surface area contributed by atoms with Gasteiger partial charge in [0.05, 0.1) is 23.3 Å². The molecule has 8 nitrogen and oxygen atoms in total. The number of carbonyl (C=O) groups excluding carboxylic acids is 2. The number of ether oxygens (including phenoxy) is 2. The normalized spacial score (nSPS) is 10.9. The number of amides is 1. The molecule has 1 amide bonds. The molecule has 0 saturated carbocycles. The van der Waals surface area contributed by atoms with Crippen molar-refractivity contribution in [2.75, 3.05) is 31.6 Å². The van der Waals surface area contributed by atoms with Gasteiger partial charge in [-0.3, -0.25) is 9.10 Å². The summed E-state index contributed by atoms with van der Waals surface area (Å²) in [4.78, 5) is 24.4. The predicted molar refractivity (Wildman–Crippen MR) is 133 cm³/mol. The fourth-order valence-electron chi connectivity index (χ4n) is 3.24. The van der Waals surface area contributed by atoms with E-state index in [4.69, 9.17) is 9.47 Å². The quantitative estimate of drug-likeness (QED) is 0.432. The van der Waals surface area contributed by atoms with E-state index in [1.807, 2.05) is 43.3 Å². The second-order valence-electron chi connectivity index (χ2n) is 7.86. The lowest BCUT2D eigenvalue weighted by Gasteiger charge is -2.20. The maximum Gasteiger partial charge on any atom is 0.338 e. The summed E-state index contributed by atoms with van der Waals surface area (Å²) in [5.41, 5.74) is 2.56. The van der Waals surface area contributed by atoms with E-state index in [0.29, 0.717) is 18.7 Å². The summed E-state index contributed by atoms with van der Waals surface area (Å²) in [6, 6.07) is 20.1. The molecule has 3 aromatic rings. The molecule has 0 heterocycles. The summed E-state index contributed by atoms with van der Waals surface area (Å²) < 4.78 is 37.4. The fourth-order valence-corrected chi connectivity index (χ4v) is 4.48. The van der Waals surface area contributed by atoms with Crippen molar-refractivity contribution < 1.29 is 27.5 Å². The van der Waals surface area contributed by atoms with Crippen LogP contribution in [0.1, 0.15) is 21.5 Å². The van der Waals surface area contributed by atoms with Crippen molar-refractivity contribution in [2.24, 2.45) is 0 Å². The van der Waals surface area contributed by atoms with Crippen LogP contribution in [0.4, 0.5) is 5.69 Å². The largest absolute Gasteiger partial charge is 0.497 e. The smallest absolute Gasteiger partial charge is 0.338 e. The van der Waals surface area contributed by atoms with Gasteiger partial charge in [-0.1, -0.05) is 35.9 Å². The summed E-state index contributed by atoms with van der Waals surface area (Å²) in [5.74, 6) is -0.483. The Morgan fingerprint density at radius 3 is 2.31 bits per heavy atom. The first-order valence-corrected chi connectivity index (χ1v) is 12.4. The molecule has 0 radical (unpaired) electrons. The van der Waals surface area contributed by atoms with Crippen LogP contribution in [-0.2, 0) is 26.0 Å². The molecule has 0 bridgehead atoms. The summed E-state index contributed by atoms with van der Waals surface area (Å²) in [5, 5.41) is 2.69.